The van der Waals surface area contributed by atoms with Gasteiger partial charge in [-0.2, -0.15) is 0 Å². The normalized spacial score (nSPS) is 11.3. The van der Waals surface area contributed by atoms with Gasteiger partial charge in [0.25, 0.3) is 5.91 Å². The lowest BCUT2D eigenvalue weighted by Gasteiger charge is -2.10. The molecule has 0 saturated carbocycles. The van der Waals surface area contributed by atoms with Crippen molar-refractivity contribution in [3.63, 3.8) is 0 Å². The summed E-state index contributed by atoms with van der Waals surface area (Å²) in [7, 11) is -3.51. The number of benzene rings is 3. The van der Waals surface area contributed by atoms with E-state index in [1.54, 1.807) is 60.7 Å². The Morgan fingerprint density at radius 2 is 1.63 bits per heavy atom. The van der Waals surface area contributed by atoms with E-state index < -0.39 is 21.6 Å². The number of carbonyl (C=O) groups excluding carboxylic acids is 1. The molecule has 1 heterocycles. The van der Waals surface area contributed by atoms with Crippen LogP contribution >= 0.6 is 0 Å². The number of sulfone groups is 1. The Morgan fingerprint density at radius 1 is 0.943 bits per heavy atom. The lowest BCUT2D eigenvalue weighted by Crippen LogP contribution is -2.14. The summed E-state index contributed by atoms with van der Waals surface area (Å²) < 4.78 is 39.7. The number of halogens is 1. The Morgan fingerprint density at radius 3 is 2.29 bits per heavy atom. The van der Waals surface area contributed by atoms with Crippen LogP contribution in [-0.4, -0.2) is 19.3 Å². The fourth-order valence-electron chi connectivity index (χ4n) is 3.44. The van der Waals surface area contributed by atoms with Crippen LogP contribution in [0.3, 0.4) is 0 Å². The van der Waals surface area contributed by atoms with Gasteiger partial charge in [0, 0.05) is 11.3 Å². The third kappa shape index (κ3) is 5.47. The molecule has 0 aliphatic rings. The van der Waals surface area contributed by atoms with Gasteiger partial charge < -0.3 is 16.8 Å². The molecule has 4 rings (SSSR count). The molecule has 0 atom stereocenters. The first-order chi connectivity index (χ1) is 16.6. The molecule has 1 amide bonds. The maximum absolute atomic E-state index is 14.4. The summed E-state index contributed by atoms with van der Waals surface area (Å²) in [6, 6.07) is 20.3. The zero-order chi connectivity index (χ0) is 25.2. The molecule has 9 heteroatoms. The molecule has 4 aromatic rings. The lowest BCUT2D eigenvalue weighted by molar-refractivity contribution is 0.102. The highest BCUT2D eigenvalue weighted by molar-refractivity contribution is 7.90. The summed E-state index contributed by atoms with van der Waals surface area (Å²) >= 11 is 0. The van der Waals surface area contributed by atoms with Gasteiger partial charge in [-0.1, -0.05) is 29.8 Å². The second-order valence-corrected chi connectivity index (χ2v) is 10.1. The van der Waals surface area contributed by atoms with Gasteiger partial charge in [-0.15, -0.1) is 0 Å². The van der Waals surface area contributed by atoms with Crippen LogP contribution in [-0.2, 0) is 15.6 Å². The van der Waals surface area contributed by atoms with Gasteiger partial charge in [-0.25, -0.2) is 17.8 Å². The number of hydrogen-bond donors (Lipinski definition) is 3. The van der Waals surface area contributed by atoms with Gasteiger partial charge >= 0.3 is 0 Å². The molecular formula is C26H23FN4O3S. The first kappa shape index (κ1) is 23.9. The van der Waals surface area contributed by atoms with Crippen molar-refractivity contribution >= 4 is 32.9 Å². The number of anilines is 3. The zero-order valence-corrected chi connectivity index (χ0v) is 19.6. The molecule has 0 spiro atoms. The first-order valence-electron chi connectivity index (χ1n) is 10.6. The van der Waals surface area contributed by atoms with Crippen molar-refractivity contribution in [3.8, 4) is 11.3 Å². The standard InChI is InChI=1S/C26H23FN4O3S/c1-16-2-9-20(10-3-16)35(33,34)15-17-4-7-19(8-5-17)30-26(32)21-14-18(6-11-22(21)27)24-13-12-23(28)25(29)31-24/h2-14H,15,28H2,1H3,(H2,29,31)(H,30,32). The number of nitrogen functional groups attached to an aromatic ring is 2. The van der Waals surface area contributed by atoms with Crippen molar-refractivity contribution in [1.82, 2.24) is 4.98 Å². The third-order valence-corrected chi connectivity index (χ3v) is 7.12. The van der Waals surface area contributed by atoms with Crippen molar-refractivity contribution in [3.05, 3.63) is 101 Å². The van der Waals surface area contributed by atoms with Crippen LogP contribution in [0.4, 0.5) is 21.6 Å². The molecule has 0 aliphatic heterocycles. The highest BCUT2D eigenvalue weighted by Gasteiger charge is 2.17. The fourth-order valence-corrected chi connectivity index (χ4v) is 4.78. The minimum Gasteiger partial charge on any atom is -0.396 e. The quantitative estimate of drug-likeness (QED) is 0.363. The first-order valence-corrected chi connectivity index (χ1v) is 12.3. The van der Waals surface area contributed by atoms with Crippen molar-refractivity contribution in [2.45, 2.75) is 17.6 Å². The molecule has 0 aliphatic carbocycles. The minimum absolute atomic E-state index is 0.141. The van der Waals surface area contributed by atoms with Gasteiger partial charge in [-0.05, 0) is 67.1 Å². The second kappa shape index (κ2) is 9.55. The molecule has 0 radical (unpaired) electrons. The molecule has 0 unspecified atom stereocenters. The molecule has 0 saturated heterocycles. The van der Waals surface area contributed by atoms with Crippen molar-refractivity contribution in [2.24, 2.45) is 0 Å². The van der Waals surface area contributed by atoms with Crippen molar-refractivity contribution in [1.29, 1.82) is 0 Å². The molecule has 1 aromatic heterocycles. The van der Waals surface area contributed by atoms with E-state index in [9.17, 15) is 17.6 Å². The molecule has 0 fully saturated rings. The van der Waals surface area contributed by atoms with E-state index in [2.05, 4.69) is 10.3 Å². The summed E-state index contributed by atoms with van der Waals surface area (Å²) in [5.74, 6) is -1.40. The third-order valence-electron chi connectivity index (χ3n) is 5.41. The summed E-state index contributed by atoms with van der Waals surface area (Å²) in [6.45, 7) is 1.89. The highest BCUT2D eigenvalue weighted by Crippen LogP contribution is 2.25. The average Bonchev–Trinajstić information content (AvgIpc) is 2.82. The zero-order valence-electron chi connectivity index (χ0n) is 18.8. The molecule has 5 N–H and O–H groups in total. The number of carbonyl (C=O) groups is 1. The minimum atomic E-state index is -3.51. The molecule has 3 aromatic carbocycles. The van der Waals surface area contributed by atoms with Gasteiger partial charge in [0.05, 0.1) is 27.6 Å². The van der Waals surface area contributed by atoms with Crippen LogP contribution in [0.25, 0.3) is 11.3 Å². The maximum Gasteiger partial charge on any atom is 0.258 e. The Bertz CT molecular complexity index is 1500. The van der Waals surface area contributed by atoms with Crippen LogP contribution in [0.15, 0.2) is 83.8 Å². The van der Waals surface area contributed by atoms with Gasteiger partial charge in [0.2, 0.25) is 0 Å². The summed E-state index contributed by atoms with van der Waals surface area (Å²) in [5.41, 5.74) is 14.5. The molecule has 178 valence electrons. The van der Waals surface area contributed by atoms with Crippen LogP contribution in [0.1, 0.15) is 21.5 Å². The maximum atomic E-state index is 14.4. The predicted molar refractivity (Wildman–Crippen MR) is 135 cm³/mol. The largest absolute Gasteiger partial charge is 0.396 e. The fraction of sp³-hybridized carbons (Fsp3) is 0.0769. The summed E-state index contributed by atoms with van der Waals surface area (Å²) in [5, 5.41) is 2.63. The summed E-state index contributed by atoms with van der Waals surface area (Å²) in [4.78, 5) is 17.2. The lowest BCUT2D eigenvalue weighted by atomic mass is 10.1. The Labute approximate surface area is 202 Å². The molecule has 7 nitrogen and oxygen atoms in total. The number of nitrogens with one attached hydrogen (secondary N) is 1. The number of rotatable bonds is 6. The highest BCUT2D eigenvalue weighted by atomic mass is 32.2. The SMILES string of the molecule is Cc1ccc(S(=O)(=O)Cc2ccc(NC(=O)c3cc(-c4ccc(N)c(N)n4)ccc3F)cc2)cc1. The number of hydrogen-bond acceptors (Lipinski definition) is 6. The van der Waals surface area contributed by atoms with E-state index in [0.29, 0.717) is 28.2 Å². The number of aromatic nitrogens is 1. The van der Waals surface area contributed by atoms with E-state index >= 15 is 0 Å². The number of pyridine rings is 1. The van der Waals surface area contributed by atoms with Gasteiger partial charge in [0.1, 0.15) is 11.6 Å². The second-order valence-electron chi connectivity index (χ2n) is 8.09. The van der Waals surface area contributed by atoms with E-state index in [1.165, 1.54) is 18.2 Å². The van der Waals surface area contributed by atoms with E-state index in [4.69, 9.17) is 11.5 Å². The van der Waals surface area contributed by atoms with Crippen molar-refractivity contribution in [2.75, 3.05) is 16.8 Å². The Hall–Kier alpha value is -4.24. The Kier molecular flexibility index (Phi) is 6.52. The van der Waals surface area contributed by atoms with E-state index in [0.717, 1.165) is 5.56 Å². The molecule has 35 heavy (non-hydrogen) atoms. The van der Waals surface area contributed by atoms with Crippen LogP contribution in [0.5, 0.6) is 0 Å². The topological polar surface area (TPSA) is 128 Å². The van der Waals surface area contributed by atoms with Gasteiger partial charge in [-0.3, -0.25) is 4.79 Å². The molecular weight excluding hydrogens is 467 g/mol. The van der Waals surface area contributed by atoms with Crippen molar-refractivity contribution < 1.29 is 17.6 Å². The van der Waals surface area contributed by atoms with Crippen LogP contribution in [0.2, 0.25) is 0 Å². The van der Waals surface area contributed by atoms with Crippen LogP contribution < -0.4 is 16.8 Å². The number of aryl methyl sites for hydroxylation is 1. The molecule has 0 bridgehead atoms. The van der Waals surface area contributed by atoms with Crippen LogP contribution in [0, 0.1) is 12.7 Å². The van der Waals surface area contributed by atoms with E-state index in [-0.39, 0.29) is 22.0 Å². The summed E-state index contributed by atoms with van der Waals surface area (Å²) in [6.07, 6.45) is 0. The smallest absolute Gasteiger partial charge is 0.258 e. The average molecular weight is 491 g/mol. The van der Waals surface area contributed by atoms with Gasteiger partial charge in [0.15, 0.2) is 9.84 Å². The number of nitrogens with two attached hydrogens (primary N) is 2. The monoisotopic (exact) mass is 490 g/mol. The van der Waals surface area contributed by atoms with E-state index in [1.807, 2.05) is 6.92 Å². The number of amides is 1. The Balaban J connectivity index is 1.49. The number of nitrogens with zero attached hydrogens (tertiary/aromatic N) is 1. The predicted octanol–water partition coefficient (Wildman–Crippen LogP) is 4.59.